The molecule has 1 amide bonds. The molecule has 0 aromatic carbocycles. The van der Waals surface area contributed by atoms with Gasteiger partial charge >= 0.3 is 0 Å². The number of aromatic amines is 1. The molecule has 1 spiro atoms. The molecule has 0 saturated carbocycles. The minimum atomic E-state index is -0.125. The van der Waals surface area contributed by atoms with Crippen LogP contribution in [0.1, 0.15) is 25.7 Å². The van der Waals surface area contributed by atoms with E-state index in [-0.39, 0.29) is 17.9 Å². The van der Waals surface area contributed by atoms with Crippen LogP contribution in [0.3, 0.4) is 0 Å². The Bertz CT molecular complexity index is 793. The number of carbonyl (C=O) groups is 1. The van der Waals surface area contributed by atoms with E-state index in [9.17, 15) is 4.79 Å². The molecule has 0 radical (unpaired) electrons. The molecule has 4 heterocycles. The maximum absolute atomic E-state index is 12.2. The van der Waals surface area contributed by atoms with Crippen LogP contribution in [-0.2, 0) is 4.79 Å². The normalized spacial score (nSPS) is 23.8. The Morgan fingerprint density at radius 3 is 3.09 bits per heavy atom. The molecule has 7 heteroatoms. The number of anilines is 1. The summed E-state index contributed by atoms with van der Waals surface area (Å²) < 4.78 is 0. The van der Waals surface area contributed by atoms with Crippen LogP contribution in [0.15, 0.2) is 18.6 Å². The smallest absolute Gasteiger partial charge is 0.237 e. The van der Waals surface area contributed by atoms with Crippen molar-refractivity contribution in [3.63, 3.8) is 0 Å². The quantitative estimate of drug-likeness (QED) is 0.906. The van der Waals surface area contributed by atoms with Gasteiger partial charge in [-0.1, -0.05) is 0 Å². The fraction of sp³-hybridized carbons (Fsp3) is 0.500. The second kappa shape index (κ2) is 5.23. The molecule has 118 valence electrons. The Kier molecular flexibility index (Phi) is 3.18. The molecular weight excluding hydrogens is 292 g/mol. The van der Waals surface area contributed by atoms with Gasteiger partial charge < -0.3 is 14.8 Å². The average Bonchev–Trinajstić information content (AvgIpc) is 3.02. The van der Waals surface area contributed by atoms with Gasteiger partial charge in [-0.3, -0.25) is 4.79 Å². The maximum atomic E-state index is 12.2. The number of nitriles is 1. The molecule has 2 aliphatic heterocycles. The number of H-pyrrole nitrogens is 1. The van der Waals surface area contributed by atoms with Crippen molar-refractivity contribution in [2.45, 2.75) is 31.2 Å². The van der Waals surface area contributed by atoms with Crippen molar-refractivity contribution in [1.82, 2.24) is 19.9 Å². The Morgan fingerprint density at radius 1 is 1.39 bits per heavy atom. The van der Waals surface area contributed by atoms with Gasteiger partial charge in [-0.05, 0) is 25.3 Å². The third-order valence-corrected chi connectivity index (χ3v) is 5.09. The molecule has 2 aromatic rings. The van der Waals surface area contributed by atoms with Gasteiger partial charge in [0.25, 0.3) is 0 Å². The van der Waals surface area contributed by atoms with Crippen molar-refractivity contribution >= 4 is 22.8 Å². The minimum Gasteiger partial charge on any atom is -0.354 e. The topological polar surface area (TPSA) is 88.9 Å². The third-order valence-electron chi connectivity index (χ3n) is 5.09. The van der Waals surface area contributed by atoms with Crippen LogP contribution in [0.2, 0.25) is 0 Å². The summed E-state index contributed by atoms with van der Waals surface area (Å²) in [6.07, 6.45) is 6.44. The fourth-order valence-corrected chi connectivity index (χ4v) is 3.92. The van der Waals surface area contributed by atoms with E-state index in [2.05, 4.69) is 19.9 Å². The van der Waals surface area contributed by atoms with Crippen LogP contribution in [0.5, 0.6) is 0 Å². The Balaban J connectivity index is 1.62. The Hall–Kier alpha value is -2.62. The zero-order valence-electron chi connectivity index (χ0n) is 12.8. The van der Waals surface area contributed by atoms with Crippen LogP contribution < -0.4 is 4.90 Å². The first-order valence-corrected chi connectivity index (χ1v) is 7.94. The summed E-state index contributed by atoms with van der Waals surface area (Å²) in [5.41, 5.74) is 0.709. The first kappa shape index (κ1) is 14.0. The summed E-state index contributed by atoms with van der Waals surface area (Å²) in [5.74, 6) is 0.880. The van der Waals surface area contributed by atoms with Crippen molar-refractivity contribution < 1.29 is 4.79 Å². The predicted octanol–water partition coefficient (Wildman–Crippen LogP) is 1.44. The molecule has 1 N–H and O–H groups in total. The summed E-state index contributed by atoms with van der Waals surface area (Å²) in [4.78, 5) is 28.2. The molecule has 23 heavy (non-hydrogen) atoms. The number of carbonyl (C=O) groups excluding carboxylic acids is 1. The predicted molar refractivity (Wildman–Crippen MR) is 84.6 cm³/mol. The summed E-state index contributed by atoms with van der Waals surface area (Å²) >= 11 is 0. The first-order chi connectivity index (χ1) is 11.2. The highest BCUT2D eigenvalue weighted by atomic mass is 16.2. The monoisotopic (exact) mass is 310 g/mol. The van der Waals surface area contributed by atoms with Crippen molar-refractivity contribution in [3.8, 4) is 6.07 Å². The lowest BCUT2D eigenvalue weighted by atomic mass is 9.77. The molecular formula is C16H18N6O. The van der Waals surface area contributed by atoms with Crippen LogP contribution in [0.4, 0.5) is 5.82 Å². The largest absolute Gasteiger partial charge is 0.354 e. The lowest BCUT2D eigenvalue weighted by Gasteiger charge is -2.57. The van der Waals surface area contributed by atoms with Crippen molar-refractivity contribution in [3.05, 3.63) is 18.6 Å². The number of likely N-dealkylation sites (tertiary alicyclic amines) is 1. The lowest BCUT2D eigenvalue weighted by molar-refractivity contribution is -0.147. The molecule has 4 rings (SSSR count). The first-order valence-electron chi connectivity index (χ1n) is 7.94. The number of nitrogens with one attached hydrogen (secondary N) is 1. The van der Waals surface area contributed by atoms with Crippen molar-refractivity contribution in [1.29, 1.82) is 5.26 Å². The SMILES string of the molecule is N#CCC(=O)N1CC[C@@]12CCCN(c1ncnc3[nH]ccc13)C2. The van der Waals surface area contributed by atoms with Crippen LogP contribution in [-0.4, -0.2) is 50.9 Å². The summed E-state index contributed by atoms with van der Waals surface area (Å²) in [7, 11) is 0. The molecule has 7 nitrogen and oxygen atoms in total. The molecule has 2 aromatic heterocycles. The van der Waals surface area contributed by atoms with E-state index in [1.807, 2.05) is 23.2 Å². The van der Waals surface area contributed by atoms with Gasteiger partial charge in [0.15, 0.2) is 0 Å². The standard InChI is InChI=1S/C16H18N6O/c17-6-2-13(23)22-9-5-16(22)4-1-8-21(10-16)15-12-3-7-18-14(12)19-11-20-15/h3,7,11H,1-2,4-5,8-10H2,(H,18,19,20)/t16-/m1/s1. The average molecular weight is 310 g/mol. The Labute approximate surface area is 133 Å². The zero-order valence-corrected chi connectivity index (χ0v) is 12.8. The third kappa shape index (κ3) is 2.13. The number of hydrogen-bond donors (Lipinski definition) is 1. The number of hydrogen-bond acceptors (Lipinski definition) is 5. The van der Waals surface area contributed by atoms with E-state index in [0.29, 0.717) is 0 Å². The second-order valence-corrected chi connectivity index (χ2v) is 6.32. The van der Waals surface area contributed by atoms with Gasteiger partial charge in [0.05, 0.1) is 17.0 Å². The van der Waals surface area contributed by atoms with Gasteiger partial charge in [0.1, 0.15) is 24.2 Å². The van der Waals surface area contributed by atoms with Crippen molar-refractivity contribution in [2.24, 2.45) is 0 Å². The van der Waals surface area contributed by atoms with E-state index in [4.69, 9.17) is 5.26 Å². The minimum absolute atomic E-state index is 0.0304. The molecule has 1 atom stereocenters. The highest BCUT2D eigenvalue weighted by Crippen LogP contribution is 2.40. The molecule has 0 bridgehead atoms. The van der Waals surface area contributed by atoms with Gasteiger partial charge in [-0.15, -0.1) is 0 Å². The van der Waals surface area contributed by atoms with E-state index in [0.717, 1.165) is 55.7 Å². The van der Waals surface area contributed by atoms with Crippen LogP contribution in [0.25, 0.3) is 11.0 Å². The van der Waals surface area contributed by atoms with Gasteiger partial charge in [-0.2, -0.15) is 5.26 Å². The van der Waals surface area contributed by atoms with Crippen molar-refractivity contribution in [2.75, 3.05) is 24.5 Å². The summed E-state index contributed by atoms with van der Waals surface area (Å²) in [5, 5.41) is 9.80. The summed E-state index contributed by atoms with van der Waals surface area (Å²) in [6, 6.07) is 3.96. The van der Waals surface area contributed by atoms with Gasteiger partial charge in [-0.25, -0.2) is 9.97 Å². The number of piperidine rings is 1. The number of fused-ring (bicyclic) bond motifs is 1. The fourth-order valence-electron chi connectivity index (χ4n) is 3.92. The molecule has 0 unspecified atom stereocenters. The number of aromatic nitrogens is 3. The van der Waals surface area contributed by atoms with E-state index in [1.54, 1.807) is 6.33 Å². The molecule has 2 saturated heterocycles. The van der Waals surface area contributed by atoms with Crippen LogP contribution >= 0.6 is 0 Å². The van der Waals surface area contributed by atoms with E-state index < -0.39 is 0 Å². The number of amides is 1. The second-order valence-electron chi connectivity index (χ2n) is 6.32. The van der Waals surface area contributed by atoms with Gasteiger partial charge in [0, 0.05) is 25.8 Å². The summed E-state index contributed by atoms with van der Waals surface area (Å²) in [6.45, 7) is 2.47. The Morgan fingerprint density at radius 2 is 2.30 bits per heavy atom. The lowest BCUT2D eigenvalue weighted by Crippen LogP contribution is -2.68. The highest BCUT2D eigenvalue weighted by Gasteiger charge is 2.49. The van der Waals surface area contributed by atoms with Gasteiger partial charge in [0.2, 0.25) is 5.91 Å². The molecule has 2 aliphatic rings. The van der Waals surface area contributed by atoms with Crippen LogP contribution in [0, 0.1) is 11.3 Å². The maximum Gasteiger partial charge on any atom is 0.237 e. The molecule has 0 aliphatic carbocycles. The highest BCUT2D eigenvalue weighted by molar-refractivity contribution is 5.87. The molecule has 2 fully saturated rings. The van der Waals surface area contributed by atoms with E-state index >= 15 is 0 Å². The zero-order chi connectivity index (χ0) is 15.9. The van der Waals surface area contributed by atoms with E-state index in [1.165, 1.54) is 0 Å². The number of nitrogens with zero attached hydrogens (tertiary/aromatic N) is 5. The number of rotatable bonds is 2.